The Bertz CT molecular complexity index is 582. The summed E-state index contributed by atoms with van der Waals surface area (Å²) >= 11 is 0. The second kappa shape index (κ2) is 3.41. The van der Waals surface area contributed by atoms with Crippen molar-refractivity contribution in [2.45, 2.75) is 26.2 Å². The van der Waals surface area contributed by atoms with Gasteiger partial charge in [0.2, 0.25) is 0 Å². The SMILES string of the molecule is CCC(C)c1cc2cc3occc3cc2o1. The molecule has 1 atom stereocenters. The lowest BCUT2D eigenvalue weighted by Crippen LogP contribution is -1.86. The molecule has 0 fully saturated rings. The fourth-order valence-electron chi connectivity index (χ4n) is 1.96. The Hall–Kier alpha value is -1.70. The van der Waals surface area contributed by atoms with Gasteiger partial charge in [-0.25, -0.2) is 0 Å². The van der Waals surface area contributed by atoms with Gasteiger partial charge in [-0.05, 0) is 30.7 Å². The average Bonchev–Trinajstić information content (AvgIpc) is 2.89. The molecule has 3 aromatic rings. The number of furan rings is 2. The van der Waals surface area contributed by atoms with Crippen LogP contribution < -0.4 is 0 Å². The summed E-state index contributed by atoms with van der Waals surface area (Å²) in [6.45, 7) is 4.35. The normalized spacial score (nSPS) is 13.6. The van der Waals surface area contributed by atoms with E-state index in [1.54, 1.807) is 6.26 Å². The second-order valence-corrected chi connectivity index (χ2v) is 4.31. The first-order chi connectivity index (χ1) is 7.78. The third-order valence-corrected chi connectivity index (χ3v) is 3.21. The molecule has 3 rings (SSSR count). The first-order valence-electron chi connectivity index (χ1n) is 5.68. The molecule has 82 valence electrons. The molecule has 2 nitrogen and oxygen atoms in total. The molecule has 2 heteroatoms. The number of fused-ring (bicyclic) bond motifs is 2. The third kappa shape index (κ3) is 1.33. The van der Waals surface area contributed by atoms with Crippen molar-refractivity contribution in [2.75, 3.05) is 0 Å². The van der Waals surface area contributed by atoms with Gasteiger partial charge in [0, 0.05) is 16.7 Å². The van der Waals surface area contributed by atoms with Crippen molar-refractivity contribution < 1.29 is 8.83 Å². The molecule has 0 aliphatic carbocycles. The topological polar surface area (TPSA) is 26.3 Å². The maximum absolute atomic E-state index is 5.86. The Morgan fingerprint density at radius 1 is 1.12 bits per heavy atom. The molecule has 2 heterocycles. The predicted octanol–water partition coefficient (Wildman–Crippen LogP) is 4.69. The Labute approximate surface area is 93.8 Å². The molecule has 0 bridgehead atoms. The minimum absolute atomic E-state index is 0.471. The van der Waals surface area contributed by atoms with Gasteiger partial charge >= 0.3 is 0 Å². The van der Waals surface area contributed by atoms with Crippen LogP contribution in [0.2, 0.25) is 0 Å². The molecule has 0 aliphatic heterocycles. The summed E-state index contributed by atoms with van der Waals surface area (Å²) in [5.74, 6) is 1.53. The van der Waals surface area contributed by atoms with Gasteiger partial charge in [0.25, 0.3) is 0 Å². The van der Waals surface area contributed by atoms with E-state index in [2.05, 4.69) is 19.9 Å². The van der Waals surface area contributed by atoms with E-state index in [-0.39, 0.29) is 0 Å². The van der Waals surface area contributed by atoms with Crippen LogP contribution in [-0.4, -0.2) is 0 Å². The molecule has 0 saturated heterocycles. The van der Waals surface area contributed by atoms with Gasteiger partial charge in [0.1, 0.15) is 16.9 Å². The van der Waals surface area contributed by atoms with E-state index in [4.69, 9.17) is 8.83 Å². The molecule has 1 aromatic carbocycles. The van der Waals surface area contributed by atoms with E-state index in [9.17, 15) is 0 Å². The zero-order valence-corrected chi connectivity index (χ0v) is 9.49. The molecule has 0 radical (unpaired) electrons. The molecular formula is C14H14O2. The Morgan fingerprint density at radius 3 is 2.75 bits per heavy atom. The van der Waals surface area contributed by atoms with Crippen LogP contribution in [-0.2, 0) is 0 Å². The van der Waals surface area contributed by atoms with Crippen LogP contribution in [0.1, 0.15) is 31.9 Å². The lowest BCUT2D eigenvalue weighted by Gasteiger charge is -2.01. The van der Waals surface area contributed by atoms with Crippen molar-refractivity contribution in [3.63, 3.8) is 0 Å². The number of hydrogen-bond donors (Lipinski definition) is 0. The van der Waals surface area contributed by atoms with Gasteiger partial charge in [-0.15, -0.1) is 0 Å². The Kier molecular flexibility index (Phi) is 2.03. The predicted molar refractivity (Wildman–Crippen MR) is 64.7 cm³/mol. The van der Waals surface area contributed by atoms with E-state index in [1.165, 1.54) is 0 Å². The van der Waals surface area contributed by atoms with Gasteiger partial charge in [-0.2, -0.15) is 0 Å². The molecule has 0 N–H and O–H groups in total. The molecule has 0 spiro atoms. The van der Waals surface area contributed by atoms with Crippen molar-refractivity contribution in [2.24, 2.45) is 0 Å². The van der Waals surface area contributed by atoms with E-state index in [0.29, 0.717) is 5.92 Å². The highest BCUT2D eigenvalue weighted by molar-refractivity contribution is 5.93. The number of hydrogen-bond acceptors (Lipinski definition) is 2. The maximum atomic E-state index is 5.86. The van der Waals surface area contributed by atoms with Crippen LogP contribution in [0.5, 0.6) is 0 Å². The molecule has 1 unspecified atom stereocenters. The van der Waals surface area contributed by atoms with E-state index >= 15 is 0 Å². The zero-order valence-electron chi connectivity index (χ0n) is 9.49. The first kappa shape index (κ1) is 9.52. The molecule has 16 heavy (non-hydrogen) atoms. The maximum Gasteiger partial charge on any atom is 0.135 e. The van der Waals surface area contributed by atoms with Gasteiger partial charge in [0.05, 0.1) is 6.26 Å². The van der Waals surface area contributed by atoms with E-state index < -0.39 is 0 Å². The van der Waals surface area contributed by atoms with Crippen LogP contribution in [0.4, 0.5) is 0 Å². The summed E-state index contributed by atoms with van der Waals surface area (Å²) in [5, 5.41) is 2.22. The van der Waals surface area contributed by atoms with Crippen molar-refractivity contribution >= 4 is 21.9 Å². The summed E-state index contributed by atoms with van der Waals surface area (Å²) in [4.78, 5) is 0. The summed E-state index contributed by atoms with van der Waals surface area (Å²) in [7, 11) is 0. The largest absolute Gasteiger partial charge is 0.464 e. The van der Waals surface area contributed by atoms with Gasteiger partial charge in [-0.3, -0.25) is 0 Å². The highest BCUT2D eigenvalue weighted by Crippen LogP contribution is 2.30. The van der Waals surface area contributed by atoms with Crippen molar-refractivity contribution in [1.82, 2.24) is 0 Å². The van der Waals surface area contributed by atoms with Gasteiger partial charge < -0.3 is 8.83 Å². The van der Waals surface area contributed by atoms with Crippen LogP contribution in [0.15, 0.2) is 39.4 Å². The lowest BCUT2D eigenvalue weighted by atomic mass is 10.1. The van der Waals surface area contributed by atoms with Crippen molar-refractivity contribution in [3.8, 4) is 0 Å². The second-order valence-electron chi connectivity index (χ2n) is 4.31. The minimum atomic E-state index is 0.471. The first-order valence-corrected chi connectivity index (χ1v) is 5.68. The summed E-state index contributed by atoms with van der Waals surface area (Å²) in [5.41, 5.74) is 1.87. The minimum Gasteiger partial charge on any atom is -0.464 e. The Morgan fingerprint density at radius 2 is 1.94 bits per heavy atom. The zero-order chi connectivity index (χ0) is 11.1. The number of rotatable bonds is 2. The summed E-state index contributed by atoms with van der Waals surface area (Å²) in [6.07, 6.45) is 2.80. The fourth-order valence-corrected chi connectivity index (χ4v) is 1.96. The molecular weight excluding hydrogens is 200 g/mol. The molecule has 0 saturated carbocycles. The van der Waals surface area contributed by atoms with E-state index in [1.807, 2.05) is 18.2 Å². The molecule has 0 amide bonds. The molecule has 2 aromatic heterocycles. The standard InChI is InChI=1S/C14H14O2/c1-3-9(2)12-7-11-8-13-10(4-5-15-13)6-14(11)16-12/h4-9H,3H2,1-2H3. The highest BCUT2D eigenvalue weighted by atomic mass is 16.3. The van der Waals surface area contributed by atoms with E-state index in [0.717, 1.165) is 34.1 Å². The quantitative estimate of drug-likeness (QED) is 0.618. The van der Waals surface area contributed by atoms with Crippen LogP contribution >= 0.6 is 0 Å². The van der Waals surface area contributed by atoms with Crippen LogP contribution in [0, 0.1) is 0 Å². The highest BCUT2D eigenvalue weighted by Gasteiger charge is 2.11. The average molecular weight is 214 g/mol. The van der Waals surface area contributed by atoms with Crippen molar-refractivity contribution in [3.05, 3.63) is 36.3 Å². The summed E-state index contributed by atoms with van der Waals surface area (Å²) < 4.78 is 11.2. The third-order valence-electron chi connectivity index (χ3n) is 3.21. The van der Waals surface area contributed by atoms with Crippen LogP contribution in [0.3, 0.4) is 0 Å². The Balaban J connectivity index is 2.23. The number of benzene rings is 1. The lowest BCUT2D eigenvalue weighted by molar-refractivity contribution is 0.499. The van der Waals surface area contributed by atoms with Crippen LogP contribution in [0.25, 0.3) is 21.9 Å². The molecule has 0 aliphatic rings. The van der Waals surface area contributed by atoms with Gasteiger partial charge in [0.15, 0.2) is 0 Å². The monoisotopic (exact) mass is 214 g/mol. The van der Waals surface area contributed by atoms with Crippen molar-refractivity contribution in [1.29, 1.82) is 0 Å². The smallest absolute Gasteiger partial charge is 0.135 e. The fraction of sp³-hybridized carbons (Fsp3) is 0.286. The van der Waals surface area contributed by atoms with Gasteiger partial charge in [-0.1, -0.05) is 13.8 Å². The summed E-state index contributed by atoms with van der Waals surface area (Å²) in [6, 6.07) is 8.16.